The zero-order valence-electron chi connectivity index (χ0n) is 16.6. The van der Waals surface area contributed by atoms with Crippen LogP contribution < -0.4 is 16.1 Å². The molecule has 0 spiro atoms. The van der Waals surface area contributed by atoms with Crippen LogP contribution in [0.5, 0.6) is 0 Å². The number of benzene rings is 2. The highest BCUT2D eigenvalue weighted by molar-refractivity contribution is 9.10. The Bertz CT molecular complexity index is 1120. The molecule has 0 aliphatic carbocycles. The lowest BCUT2D eigenvalue weighted by molar-refractivity contribution is -0.136. The zero-order chi connectivity index (χ0) is 21.8. The number of nitrogens with zero attached hydrogens (tertiary/aromatic N) is 1. The van der Waals surface area contributed by atoms with Crippen molar-refractivity contribution in [1.29, 1.82) is 0 Å². The predicted molar refractivity (Wildman–Crippen MR) is 120 cm³/mol. The molecule has 1 atom stereocenters. The standard InChI is InChI=1S/C22H21BrN4O4/c23-15-8-9-18-14(11-15)12-19(20(28)25-16-5-2-1-3-6-16)27(18)26-22(30)21(29)24-13-17-7-4-10-31-17/h1-3,5-6,8-9,11-12,17H,4,7,10,13H2,(H,24,29)(H,25,28)(H,26,30)/t17-/m0/s1. The van der Waals surface area contributed by atoms with E-state index in [1.54, 1.807) is 30.3 Å². The molecule has 3 aromatic rings. The first-order valence-corrected chi connectivity index (χ1v) is 10.7. The maximum Gasteiger partial charge on any atom is 0.328 e. The van der Waals surface area contributed by atoms with Gasteiger partial charge in [0.15, 0.2) is 0 Å². The summed E-state index contributed by atoms with van der Waals surface area (Å²) in [6.45, 7) is 0.935. The van der Waals surface area contributed by atoms with Crippen molar-refractivity contribution in [3.8, 4) is 0 Å². The van der Waals surface area contributed by atoms with Gasteiger partial charge < -0.3 is 15.4 Å². The number of para-hydroxylation sites is 1. The third-order valence-electron chi connectivity index (χ3n) is 4.96. The molecule has 1 aliphatic heterocycles. The molecule has 1 fully saturated rings. The van der Waals surface area contributed by atoms with Gasteiger partial charge in [0.2, 0.25) is 0 Å². The summed E-state index contributed by atoms with van der Waals surface area (Å²) in [5, 5.41) is 6.11. The SMILES string of the molecule is O=C(NC[C@@H]1CCCO1)C(=O)Nn1c(C(=O)Nc2ccccc2)cc2cc(Br)ccc21. The second kappa shape index (κ2) is 9.32. The quantitative estimate of drug-likeness (QED) is 0.484. The maximum atomic E-state index is 12.9. The normalized spacial score (nSPS) is 15.6. The predicted octanol–water partition coefficient (Wildman–Crippen LogP) is 3.02. The highest BCUT2D eigenvalue weighted by Crippen LogP contribution is 2.24. The average molecular weight is 485 g/mol. The van der Waals surface area contributed by atoms with Gasteiger partial charge in [0.05, 0.1) is 11.6 Å². The van der Waals surface area contributed by atoms with Crippen molar-refractivity contribution in [2.75, 3.05) is 23.9 Å². The molecule has 1 saturated heterocycles. The first-order valence-electron chi connectivity index (χ1n) is 9.89. The number of fused-ring (bicyclic) bond motifs is 1. The number of aromatic nitrogens is 1. The van der Waals surface area contributed by atoms with Gasteiger partial charge >= 0.3 is 11.8 Å². The van der Waals surface area contributed by atoms with Crippen molar-refractivity contribution < 1.29 is 19.1 Å². The Kier molecular flexibility index (Phi) is 6.34. The van der Waals surface area contributed by atoms with E-state index in [0.717, 1.165) is 22.7 Å². The van der Waals surface area contributed by atoms with Gasteiger partial charge in [-0.05, 0) is 49.2 Å². The molecule has 0 unspecified atom stereocenters. The molecular formula is C22H21BrN4O4. The van der Waals surface area contributed by atoms with E-state index in [0.29, 0.717) is 17.8 Å². The van der Waals surface area contributed by atoms with Gasteiger partial charge in [0, 0.05) is 28.7 Å². The number of anilines is 1. The topological polar surface area (TPSA) is 101 Å². The molecule has 0 radical (unpaired) electrons. The van der Waals surface area contributed by atoms with Gasteiger partial charge in [0.25, 0.3) is 5.91 Å². The number of ether oxygens (including phenoxy) is 1. The third kappa shape index (κ3) is 4.95. The number of hydrogen-bond donors (Lipinski definition) is 3. The molecule has 4 rings (SSSR count). The summed E-state index contributed by atoms with van der Waals surface area (Å²) in [7, 11) is 0. The minimum Gasteiger partial charge on any atom is -0.376 e. The highest BCUT2D eigenvalue weighted by atomic mass is 79.9. The molecule has 3 amide bonds. The number of carbonyl (C=O) groups is 3. The lowest BCUT2D eigenvalue weighted by Crippen LogP contribution is -2.42. The fraction of sp³-hybridized carbons (Fsp3) is 0.227. The van der Waals surface area contributed by atoms with Gasteiger partial charge in [-0.2, -0.15) is 0 Å². The Hall–Kier alpha value is -3.17. The van der Waals surface area contributed by atoms with E-state index in [2.05, 4.69) is 32.0 Å². The number of halogens is 1. The lowest BCUT2D eigenvalue weighted by Gasteiger charge is -2.14. The Balaban J connectivity index is 1.56. The summed E-state index contributed by atoms with van der Waals surface area (Å²) in [6.07, 6.45) is 1.72. The molecule has 2 heterocycles. The largest absolute Gasteiger partial charge is 0.376 e. The highest BCUT2D eigenvalue weighted by Gasteiger charge is 2.22. The molecular weight excluding hydrogens is 464 g/mol. The van der Waals surface area contributed by atoms with Gasteiger partial charge in [-0.15, -0.1) is 0 Å². The van der Waals surface area contributed by atoms with Crippen molar-refractivity contribution in [2.45, 2.75) is 18.9 Å². The Morgan fingerprint density at radius 3 is 2.61 bits per heavy atom. The molecule has 31 heavy (non-hydrogen) atoms. The Morgan fingerprint density at radius 2 is 1.87 bits per heavy atom. The second-order valence-electron chi connectivity index (χ2n) is 7.17. The fourth-order valence-electron chi connectivity index (χ4n) is 3.43. The van der Waals surface area contributed by atoms with Crippen molar-refractivity contribution in [3.05, 3.63) is 64.8 Å². The number of nitrogens with one attached hydrogen (secondary N) is 3. The lowest BCUT2D eigenvalue weighted by atomic mass is 10.2. The number of carbonyl (C=O) groups excluding carboxylic acids is 3. The summed E-state index contributed by atoms with van der Waals surface area (Å²) < 4.78 is 7.61. The van der Waals surface area contributed by atoms with E-state index in [1.165, 1.54) is 4.68 Å². The molecule has 3 N–H and O–H groups in total. The van der Waals surface area contributed by atoms with E-state index >= 15 is 0 Å². The van der Waals surface area contributed by atoms with Gasteiger partial charge in [-0.1, -0.05) is 34.1 Å². The summed E-state index contributed by atoms with van der Waals surface area (Å²) in [6, 6.07) is 16.0. The van der Waals surface area contributed by atoms with Crippen molar-refractivity contribution in [2.24, 2.45) is 0 Å². The van der Waals surface area contributed by atoms with Crippen LogP contribution in [-0.4, -0.2) is 41.7 Å². The smallest absolute Gasteiger partial charge is 0.328 e. The fourth-order valence-corrected chi connectivity index (χ4v) is 3.81. The van der Waals surface area contributed by atoms with Crippen LogP contribution in [0.15, 0.2) is 59.1 Å². The van der Waals surface area contributed by atoms with Crippen LogP contribution in [0.25, 0.3) is 10.9 Å². The molecule has 8 nitrogen and oxygen atoms in total. The van der Waals surface area contributed by atoms with Crippen LogP contribution in [0.2, 0.25) is 0 Å². The van der Waals surface area contributed by atoms with Crippen LogP contribution >= 0.6 is 15.9 Å². The molecule has 9 heteroatoms. The van der Waals surface area contributed by atoms with Crippen LogP contribution in [-0.2, 0) is 14.3 Å². The van der Waals surface area contributed by atoms with Gasteiger partial charge in [-0.25, -0.2) is 4.68 Å². The van der Waals surface area contributed by atoms with E-state index in [4.69, 9.17) is 4.74 Å². The van der Waals surface area contributed by atoms with Crippen molar-refractivity contribution in [1.82, 2.24) is 9.99 Å². The summed E-state index contributed by atoms with van der Waals surface area (Å²) in [5.74, 6) is -2.07. The number of rotatable bonds is 5. The molecule has 0 saturated carbocycles. The van der Waals surface area contributed by atoms with E-state index in [-0.39, 0.29) is 18.3 Å². The molecule has 0 bridgehead atoms. The van der Waals surface area contributed by atoms with Crippen LogP contribution in [0, 0.1) is 0 Å². The molecule has 160 valence electrons. The number of hydrogen-bond acceptors (Lipinski definition) is 4. The van der Waals surface area contributed by atoms with Crippen molar-refractivity contribution in [3.63, 3.8) is 0 Å². The van der Waals surface area contributed by atoms with E-state index in [9.17, 15) is 14.4 Å². The molecule has 1 aliphatic rings. The van der Waals surface area contributed by atoms with E-state index in [1.807, 2.05) is 24.3 Å². The molecule has 1 aromatic heterocycles. The van der Waals surface area contributed by atoms with E-state index < -0.39 is 17.7 Å². The van der Waals surface area contributed by atoms with Crippen molar-refractivity contribution >= 4 is 50.2 Å². The first-order chi connectivity index (χ1) is 15.0. The number of amides is 3. The van der Waals surface area contributed by atoms with Gasteiger partial charge in [-0.3, -0.25) is 19.8 Å². The summed E-state index contributed by atoms with van der Waals surface area (Å²) >= 11 is 3.41. The molecule has 2 aromatic carbocycles. The first kappa shape index (κ1) is 21.1. The zero-order valence-corrected chi connectivity index (χ0v) is 18.1. The monoisotopic (exact) mass is 484 g/mol. The minimum atomic E-state index is -0.868. The Labute approximate surface area is 187 Å². The van der Waals surface area contributed by atoms with Crippen LogP contribution in [0.4, 0.5) is 5.69 Å². The second-order valence-corrected chi connectivity index (χ2v) is 8.09. The van der Waals surface area contributed by atoms with Crippen LogP contribution in [0.1, 0.15) is 23.3 Å². The Morgan fingerprint density at radius 1 is 1.06 bits per heavy atom. The minimum absolute atomic E-state index is 0.0753. The maximum absolute atomic E-state index is 12.9. The third-order valence-corrected chi connectivity index (χ3v) is 5.46. The summed E-state index contributed by atoms with van der Waals surface area (Å²) in [5.41, 5.74) is 3.94. The van der Waals surface area contributed by atoms with Gasteiger partial charge in [0.1, 0.15) is 5.69 Å². The average Bonchev–Trinajstić information content (AvgIpc) is 3.40. The van der Waals surface area contributed by atoms with Crippen LogP contribution in [0.3, 0.4) is 0 Å². The summed E-state index contributed by atoms with van der Waals surface area (Å²) in [4.78, 5) is 37.7.